The van der Waals surface area contributed by atoms with Crippen molar-refractivity contribution < 1.29 is 38.6 Å². The van der Waals surface area contributed by atoms with Crippen LogP contribution in [-0.4, -0.2) is 96.0 Å². The number of amides is 5. The minimum atomic E-state index is -0.844. The monoisotopic (exact) mass is 694 g/mol. The number of phenolic OH excluding ortho intramolecular Hbond substituents is 1. The number of fused-ring (bicyclic) bond motifs is 1. The Morgan fingerprint density at radius 2 is 1.76 bits per heavy atom. The SMILES string of the molecule is COc1ccc(C(=O)N[C@@H]2C[C@H]3C(=O)N[C@H](C(C)C)CC[C@@H](C)CC(=O)N[C@@H](Cc4ccc(O)cc4)C(=O)NCCCC(=O)N3C2)c(OC)n1. The smallest absolute Gasteiger partial charge is 0.257 e. The first kappa shape index (κ1) is 37.9. The van der Waals surface area contributed by atoms with E-state index in [0.717, 1.165) is 5.56 Å². The van der Waals surface area contributed by atoms with Crippen molar-refractivity contribution in [3.8, 4) is 17.5 Å². The molecule has 5 N–H and O–H groups in total. The summed E-state index contributed by atoms with van der Waals surface area (Å²) in [6.07, 6.45) is 2.27. The maximum absolute atomic E-state index is 13.8. The summed E-state index contributed by atoms with van der Waals surface area (Å²) in [5, 5.41) is 21.5. The van der Waals surface area contributed by atoms with Crippen LogP contribution in [-0.2, 0) is 25.6 Å². The third-order valence-electron chi connectivity index (χ3n) is 9.27. The van der Waals surface area contributed by atoms with Crippen molar-refractivity contribution in [2.75, 3.05) is 27.3 Å². The summed E-state index contributed by atoms with van der Waals surface area (Å²) in [6, 6.07) is 7.18. The van der Waals surface area contributed by atoms with Gasteiger partial charge >= 0.3 is 0 Å². The van der Waals surface area contributed by atoms with Crippen molar-refractivity contribution in [2.24, 2.45) is 11.8 Å². The summed E-state index contributed by atoms with van der Waals surface area (Å²) >= 11 is 0. The summed E-state index contributed by atoms with van der Waals surface area (Å²) in [5.41, 5.74) is 0.963. The predicted molar refractivity (Wildman–Crippen MR) is 184 cm³/mol. The van der Waals surface area contributed by atoms with Crippen molar-refractivity contribution in [1.82, 2.24) is 31.2 Å². The normalized spacial score (nSPS) is 24.3. The van der Waals surface area contributed by atoms with E-state index in [1.165, 1.54) is 31.3 Å². The number of phenols is 1. The zero-order chi connectivity index (χ0) is 36.4. The highest BCUT2D eigenvalue weighted by Crippen LogP contribution is 2.25. The molecule has 14 nitrogen and oxygen atoms in total. The lowest BCUT2D eigenvalue weighted by Gasteiger charge is -2.29. The second-order valence-corrected chi connectivity index (χ2v) is 13.5. The fourth-order valence-electron chi connectivity index (χ4n) is 6.38. The Kier molecular flexibility index (Phi) is 13.4. The Morgan fingerprint density at radius 1 is 1.02 bits per heavy atom. The van der Waals surface area contributed by atoms with Crippen molar-refractivity contribution in [1.29, 1.82) is 0 Å². The van der Waals surface area contributed by atoms with Crippen LogP contribution in [0.1, 0.15) is 75.2 Å². The molecule has 0 saturated carbocycles. The summed E-state index contributed by atoms with van der Waals surface area (Å²) in [6.45, 7) is 6.29. The number of carbonyl (C=O) groups is 5. The van der Waals surface area contributed by atoms with Crippen LogP contribution in [0, 0.1) is 11.8 Å². The minimum Gasteiger partial charge on any atom is -0.508 e. The molecule has 50 heavy (non-hydrogen) atoms. The second-order valence-electron chi connectivity index (χ2n) is 13.5. The Labute approximate surface area is 293 Å². The molecule has 5 amide bonds. The van der Waals surface area contributed by atoms with Crippen LogP contribution < -0.4 is 30.7 Å². The third-order valence-corrected chi connectivity index (χ3v) is 9.27. The van der Waals surface area contributed by atoms with Crippen molar-refractivity contribution >= 4 is 29.5 Å². The van der Waals surface area contributed by atoms with Gasteiger partial charge in [-0.15, -0.1) is 0 Å². The van der Waals surface area contributed by atoms with Gasteiger partial charge in [0.2, 0.25) is 35.4 Å². The lowest BCUT2D eigenvalue weighted by atomic mass is 9.92. The van der Waals surface area contributed by atoms with Crippen molar-refractivity contribution in [3.63, 3.8) is 0 Å². The van der Waals surface area contributed by atoms with Gasteiger partial charge in [0, 0.05) is 50.5 Å². The molecule has 272 valence electrons. The minimum absolute atomic E-state index is 0.0296. The van der Waals surface area contributed by atoms with E-state index in [0.29, 0.717) is 19.3 Å². The Bertz CT molecular complexity index is 1520. The number of aromatic nitrogens is 1. The number of hydrogen-bond donors (Lipinski definition) is 5. The summed E-state index contributed by atoms with van der Waals surface area (Å²) in [7, 11) is 2.86. The largest absolute Gasteiger partial charge is 0.508 e. The molecule has 2 aliphatic rings. The van der Waals surface area contributed by atoms with Gasteiger partial charge in [0.15, 0.2) is 0 Å². The van der Waals surface area contributed by atoms with Crippen LogP contribution in [0.3, 0.4) is 0 Å². The summed E-state index contributed by atoms with van der Waals surface area (Å²) < 4.78 is 10.4. The number of nitrogens with zero attached hydrogens (tertiary/aromatic N) is 2. The zero-order valence-corrected chi connectivity index (χ0v) is 29.5. The first-order valence-corrected chi connectivity index (χ1v) is 17.2. The topological polar surface area (TPSA) is 188 Å². The average molecular weight is 695 g/mol. The van der Waals surface area contributed by atoms with E-state index in [9.17, 15) is 29.1 Å². The van der Waals surface area contributed by atoms with Crippen LogP contribution in [0.4, 0.5) is 0 Å². The lowest BCUT2D eigenvalue weighted by Crippen LogP contribution is -2.50. The van der Waals surface area contributed by atoms with E-state index in [2.05, 4.69) is 26.3 Å². The molecule has 5 atom stereocenters. The van der Waals surface area contributed by atoms with E-state index in [4.69, 9.17) is 9.47 Å². The van der Waals surface area contributed by atoms with Crippen molar-refractivity contribution in [3.05, 3.63) is 47.5 Å². The summed E-state index contributed by atoms with van der Waals surface area (Å²) in [5.74, 6) is -1.13. The lowest BCUT2D eigenvalue weighted by molar-refractivity contribution is -0.139. The highest BCUT2D eigenvalue weighted by Gasteiger charge is 2.41. The molecule has 0 radical (unpaired) electrons. The number of aromatic hydroxyl groups is 1. The molecule has 0 spiro atoms. The fourth-order valence-corrected chi connectivity index (χ4v) is 6.38. The Morgan fingerprint density at radius 3 is 2.44 bits per heavy atom. The molecule has 0 aliphatic carbocycles. The molecule has 3 heterocycles. The van der Waals surface area contributed by atoms with Gasteiger partial charge in [-0.2, -0.15) is 4.98 Å². The number of nitrogens with one attached hydrogen (secondary N) is 4. The quantitative estimate of drug-likeness (QED) is 0.289. The molecule has 2 aromatic rings. The molecule has 0 bridgehead atoms. The van der Waals surface area contributed by atoms with Gasteiger partial charge in [-0.25, -0.2) is 0 Å². The third kappa shape index (κ3) is 10.3. The van der Waals surface area contributed by atoms with Gasteiger partial charge in [-0.1, -0.05) is 32.9 Å². The first-order chi connectivity index (χ1) is 23.9. The number of carbonyl (C=O) groups excluding carboxylic acids is 5. The Balaban J connectivity index is 1.52. The van der Waals surface area contributed by atoms with Gasteiger partial charge in [0.25, 0.3) is 5.91 Å². The molecule has 1 aromatic carbocycles. The van der Waals surface area contributed by atoms with Crippen LogP contribution in [0.25, 0.3) is 0 Å². The molecule has 2 aliphatic heterocycles. The van der Waals surface area contributed by atoms with Gasteiger partial charge in [0.1, 0.15) is 23.4 Å². The number of rotatable bonds is 7. The van der Waals surface area contributed by atoms with E-state index in [1.807, 2.05) is 20.8 Å². The van der Waals surface area contributed by atoms with Crippen molar-refractivity contribution in [2.45, 2.75) is 89.9 Å². The van der Waals surface area contributed by atoms with Gasteiger partial charge in [0.05, 0.1) is 14.2 Å². The van der Waals surface area contributed by atoms with Crippen LogP contribution in [0.5, 0.6) is 17.5 Å². The van der Waals surface area contributed by atoms with Gasteiger partial charge in [-0.3, -0.25) is 24.0 Å². The number of pyridine rings is 1. The van der Waals surface area contributed by atoms with E-state index in [1.54, 1.807) is 24.3 Å². The fraction of sp³-hybridized carbons (Fsp3) is 0.556. The van der Waals surface area contributed by atoms with E-state index >= 15 is 0 Å². The zero-order valence-electron chi connectivity index (χ0n) is 29.5. The van der Waals surface area contributed by atoms with E-state index < -0.39 is 24.0 Å². The van der Waals surface area contributed by atoms with Crippen LogP contribution in [0.15, 0.2) is 36.4 Å². The molecule has 4 rings (SSSR count). The maximum Gasteiger partial charge on any atom is 0.257 e. The van der Waals surface area contributed by atoms with Gasteiger partial charge in [-0.05, 0) is 61.3 Å². The number of hydrogen-bond acceptors (Lipinski definition) is 9. The predicted octanol–water partition coefficient (Wildman–Crippen LogP) is 2.09. The molecule has 0 unspecified atom stereocenters. The summed E-state index contributed by atoms with van der Waals surface area (Å²) in [4.78, 5) is 72.8. The second kappa shape index (κ2) is 17.7. The molecule has 2 fully saturated rings. The molecule has 1 aromatic heterocycles. The number of ether oxygens (including phenoxy) is 2. The standard InChI is InChI=1S/C36H50N6O8/c1-21(2)27-14-8-22(3)17-30(44)39-28(18-23-9-11-25(43)12-10-23)34(47)37-16-6-7-32(45)42-20-24(19-29(42)35(48)40-27)38-33(46)26-13-15-31(49-4)41-36(26)50-5/h9-13,15,21-22,24,27-29,43H,6-8,14,16-20H2,1-5H3,(H,37,47)(H,38,46)(H,39,44)(H,40,48)/t22-,24-,27+,28+,29+/m1/s1. The van der Waals surface area contributed by atoms with Gasteiger partial charge < -0.3 is 40.7 Å². The van der Waals surface area contributed by atoms with E-state index in [-0.39, 0.29) is 103 Å². The highest BCUT2D eigenvalue weighted by molar-refractivity contribution is 5.97. The molecule has 2 saturated heterocycles. The average Bonchev–Trinajstić information content (AvgIpc) is 3.51. The maximum atomic E-state index is 13.8. The first-order valence-electron chi connectivity index (χ1n) is 17.2. The Hall–Kier alpha value is -4.88. The molecular weight excluding hydrogens is 644 g/mol. The van der Waals surface area contributed by atoms with Crippen LogP contribution in [0.2, 0.25) is 0 Å². The number of methoxy groups -OCH3 is 2. The molecule has 14 heteroatoms. The van der Waals surface area contributed by atoms with Crippen LogP contribution >= 0.6 is 0 Å². The highest BCUT2D eigenvalue weighted by atomic mass is 16.5. The molecular formula is C36H50N6O8. The number of benzene rings is 1.